The number of rotatable bonds is 3. The molecule has 1 saturated carbocycles. The van der Waals surface area contributed by atoms with Crippen LogP contribution in [0.5, 0.6) is 0 Å². The van der Waals surface area contributed by atoms with Crippen LogP contribution < -0.4 is 5.69 Å². The van der Waals surface area contributed by atoms with Crippen LogP contribution in [0.4, 0.5) is 13.2 Å². The van der Waals surface area contributed by atoms with Crippen molar-refractivity contribution in [3.63, 3.8) is 0 Å². The first-order valence-corrected chi connectivity index (χ1v) is 10.9. The highest BCUT2D eigenvalue weighted by atomic mass is 79.9. The van der Waals surface area contributed by atoms with Crippen LogP contribution in [-0.4, -0.2) is 23.7 Å². The van der Waals surface area contributed by atoms with Crippen LogP contribution in [0.1, 0.15) is 36.7 Å². The number of alkyl halides is 3. The molecule has 10 heteroatoms. The van der Waals surface area contributed by atoms with E-state index in [4.69, 9.17) is 0 Å². The van der Waals surface area contributed by atoms with Crippen molar-refractivity contribution in [1.82, 2.24) is 23.7 Å². The molecule has 1 aromatic carbocycles. The van der Waals surface area contributed by atoms with Crippen LogP contribution in [0.25, 0.3) is 11.2 Å². The molecular weight excluding hydrogens is 487 g/mol. The molecule has 1 aliphatic carbocycles. The molecule has 3 aromatic heterocycles. The highest BCUT2D eigenvalue weighted by Crippen LogP contribution is 2.51. The molecule has 1 aliphatic rings. The van der Waals surface area contributed by atoms with Crippen molar-refractivity contribution in [2.24, 2.45) is 13.0 Å². The largest absolute Gasteiger partial charge is 0.418 e. The van der Waals surface area contributed by atoms with Gasteiger partial charge >= 0.3 is 11.9 Å². The minimum Gasteiger partial charge on any atom is -0.320 e. The summed E-state index contributed by atoms with van der Waals surface area (Å²) in [7, 11) is 1.89. The lowest BCUT2D eigenvalue weighted by atomic mass is 9.58. The lowest BCUT2D eigenvalue weighted by molar-refractivity contribution is -0.136. The van der Waals surface area contributed by atoms with Gasteiger partial charge in [0.1, 0.15) is 12.2 Å². The topological polar surface area (TPSA) is 57.1 Å². The van der Waals surface area contributed by atoms with E-state index in [0.717, 1.165) is 34.7 Å². The summed E-state index contributed by atoms with van der Waals surface area (Å²) in [4.78, 5) is 13.1. The van der Waals surface area contributed by atoms with Crippen molar-refractivity contribution < 1.29 is 13.2 Å². The summed E-state index contributed by atoms with van der Waals surface area (Å²) >= 11 is 3.08. The van der Waals surface area contributed by atoms with Crippen molar-refractivity contribution in [2.45, 2.75) is 31.4 Å². The van der Waals surface area contributed by atoms with E-state index in [9.17, 15) is 18.0 Å². The number of fused-ring (bicyclic) bond motifs is 1. The highest BCUT2D eigenvalue weighted by Gasteiger charge is 2.48. The Balaban J connectivity index is 1.68. The van der Waals surface area contributed by atoms with E-state index in [1.54, 1.807) is 12.4 Å². The van der Waals surface area contributed by atoms with E-state index in [1.807, 2.05) is 29.8 Å². The smallest absolute Gasteiger partial charge is 0.320 e. The molecule has 166 valence electrons. The molecule has 3 heterocycles. The molecular formula is C22H19BrF3N5O. The second kappa shape index (κ2) is 7.06. The fraction of sp³-hybridized carbons (Fsp3) is 0.318. The van der Waals surface area contributed by atoms with E-state index in [2.05, 4.69) is 33.1 Å². The summed E-state index contributed by atoms with van der Waals surface area (Å²) in [5.41, 5.74) is -0.522. The molecule has 5 rings (SSSR count). The Morgan fingerprint density at radius 2 is 1.94 bits per heavy atom. The molecule has 0 N–H and O–H groups in total. The van der Waals surface area contributed by atoms with Gasteiger partial charge in [0.25, 0.3) is 0 Å². The predicted octanol–water partition coefficient (Wildman–Crippen LogP) is 4.72. The van der Waals surface area contributed by atoms with Crippen molar-refractivity contribution in [3.8, 4) is 5.69 Å². The van der Waals surface area contributed by atoms with Gasteiger partial charge in [0.2, 0.25) is 0 Å². The third-order valence-corrected chi connectivity index (χ3v) is 6.68. The number of benzene rings is 1. The van der Waals surface area contributed by atoms with E-state index in [0.29, 0.717) is 11.6 Å². The summed E-state index contributed by atoms with van der Waals surface area (Å²) in [6.07, 6.45) is 1.41. The van der Waals surface area contributed by atoms with Gasteiger partial charge in [-0.3, -0.25) is 8.97 Å². The van der Waals surface area contributed by atoms with Crippen LogP contribution in [0.3, 0.4) is 0 Å². The number of nitrogens with zero attached hydrogens (tertiary/aromatic N) is 5. The molecule has 0 bridgehead atoms. The monoisotopic (exact) mass is 505 g/mol. The summed E-state index contributed by atoms with van der Waals surface area (Å²) < 4.78 is 45.1. The highest BCUT2D eigenvalue weighted by molar-refractivity contribution is 9.10. The van der Waals surface area contributed by atoms with E-state index in [1.165, 1.54) is 17.0 Å². The Morgan fingerprint density at radius 3 is 2.56 bits per heavy atom. The van der Waals surface area contributed by atoms with Crippen LogP contribution in [-0.2, 0) is 18.6 Å². The third kappa shape index (κ3) is 3.11. The molecule has 0 saturated heterocycles. The zero-order valence-electron chi connectivity index (χ0n) is 17.3. The standard InChI is InChI=1S/C22H19BrF3N5O/c1-13-8-21(9-13,19-28-27-12-29(19)2)14-4-3-5-16(6-14)30-11-18-17(22(24,25)26)7-15(23)10-31(18)20(30)32/h3-7,10-13H,8-9H2,1-2H3. The number of hydrogen-bond acceptors (Lipinski definition) is 3. The number of hydrogen-bond donors (Lipinski definition) is 0. The first-order valence-electron chi connectivity index (χ1n) is 10.1. The van der Waals surface area contributed by atoms with Crippen LogP contribution in [0, 0.1) is 5.92 Å². The van der Waals surface area contributed by atoms with Crippen molar-refractivity contribution in [1.29, 1.82) is 0 Å². The molecule has 0 spiro atoms. The average molecular weight is 506 g/mol. The number of pyridine rings is 1. The van der Waals surface area contributed by atoms with Gasteiger partial charge in [-0.05, 0) is 58.5 Å². The van der Waals surface area contributed by atoms with E-state index in [-0.39, 0.29) is 15.4 Å². The molecule has 0 amide bonds. The Kier molecular flexibility index (Phi) is 4.63. The maximum Gasteiger partial charge on any atom is 0.418 e. The zero-order chi connectivity index (χ0) is 22.8. The van der Waals surface area contributed by atoms with Crippen molar-refractivity contribution in [2.75, 3.05) is 0 Å². The molecule has 6 nitrogen and oxygen atoms in total. The Morgan fingerprint density at radius 1 is 1.19 bits per heavy atom. The molecule has 4 aromatic rings. The Hall–Kier alpha value is -2.88. The normalized spacial score (nSPS) is 21.1. The van der Waals surface area contributed by atoms with Gasteiger partial charge in [-0.2, -0.15) is 13.2 Å². The van der Waals surface area contributed by atoms with Gasteiger partial charge in [-0.1, -0.05) is 19.1 Å². The van der Waals surface area contributed by atoms with Crippen molar-refractivity contribution >= 4 is 21.4 Å². The maximum absolute atomic E-state index is 13.6. The third-order valence-electron chi connectivity index (χ3n) is 6.25. The van der Waals surface area contributed by atoms with Gasteiger partial charge in [-0.15, -0.1) is 10.2 Å². The van der Waals surface area contributed by atoms with Gasteiger partial charge in [0.15, 0.2) is 0 Å². The fourth-order valence-corrected chi connectivity index (χ4v) is 5.35. The van der Waals surface area contributed by atoms with Crippen LogP contribution in [0.2, 0.25) is 0 Å². The van der Waals surface area contributed by atoms with Crippen molar-refractivity contribution in [3.05, 3.63) is 81.0 Å². The summed E-state index contributed by atoms with van der Waals surface area (Å²) in [6.45, 7) is 2.17. The Bertz CT molecular complexity index is 1390. The second-order valence-corrected chi connectivity index (χ2v) is 9.43. The van der Waals surface area contributed by atoms with Gasteiger partial charge in [-0.25, -0.2) is 4.79 Å². The Labute approximate surface area is 189 Å². The molecule has 1 fully saturated rings. The first-order chi connectivity index (χ1) is 15.1. The van der Waals surface area contributed by atoms with Gasteiger partial charge in [0, 0.05) is 23.9 Å². The van der Waals surface area contributed by atoms with Crippen LogP contribution in [0.15, 0.2) is 58.3 Å². The number of aryl methyl sites for hydroxylation is 1. The minimum absolute atomic E-state index is 0.176. The zero-order valence-corrected chi connectivity index (χ0v) is 18.9. The lowest BCUT2D eigenvalue weighted by Crippen LogP contribution is -2.43. The van der Waals surface area contributed by atoms with E-state index < -0.39 is 17.4 Å². The summed E-state index contributed by atoms with van der Waals surface area (Å²) in [5.74, 6) is 1.34. The van der Waals surface area contributed by atoms with Gasteiger partial charge < -0.3 is 4.57 Å². The quantitative estimate of drug-likeness (QED) is 0.405. The summed E-state index contributed by atoms with van der Waals surface area (Å²) in [5, 5.41) is 8.36. The lowest BCUT2D eigenvalue weighted by Gasteiger charge is -2.46. The average Bonchev–Trinajstić information content (AvgIpc) is 3.28. The molecule has 0 aliphatic heterocycles. The minimum atomic E-state index is -4.59. The van der Waals surface area contributed by atoms with Crippen LogP contribution >= 0.6 is 15.9 Å². The first kappa shape index (κ1) is 21.0. The summed E-state index contributed by atoms with van der Waals surface area (Å²) in [6, 6.07) is 8.36. The number of imidazole rings is 1. The van der Waals surface area contributed by atoms with Gasteiger partial charge in [0.05, 0.1) is 22.2 Å². The molecule has 0 radical (unpaired) electrons. The molecule has 0 unspecified atom stereocenters. The maximum atomic E-state index is 13.6. The second-order valence-electron chi connectivity index (χ2n) is 8.52. The fourth-order valence-electron chi connectivity index (χ4n) is 4.91. The number of aromatic nitrogens is 5. The molecule has 0 atom stereocenters. The predicted molar refractivity (Wildman–Crippen MR) is 116 cm³/mol. The number of halogens is 4. The molecule has 32 heavy (non-hydrogen) atoms. The SMILES string of the molecule is CC1CC(c2cccc(-n3cc4c(C(F)(F)F)cc(Br)cn4c3=O)c2)(c2nncn2C)C1. The van der Waals surface area contributed by atoms with E-state index >= 15 is 0 Å².